The van der Waals surface area contributed by atoms with E-state index in [2.05, 4.69) is 0 Å². The molecule has 0 bridgehead atoms. The molecule has 0 amide bonds. The molecule has 2 aromatic carbocycles. The van der Waals surface area contributed by atoms with Crippen LogP contribution >= 0.6 is 0 Å². The maximum atomic E-state index is 12.8. The first-order valence-corrected chi connectivity index (χ1v) is 8.61. The van der Waals surface area contributed by atoms with Crippen molar-refractivity contribution in [2.45, 2.75) is 32.4 Å². The van der Waals surface area contributed by atoms with Gasteiger partial charge in [-0.1, -0.05) is 24.3 Å². The number of hydrogen-bond acceptors (Lipinski definition) is 5. The van der Waals surface area contributed by atoms with Crippen LogP contribution < -0.4 is 4.74 Å². The van der Waals surface area contributed by atoms with Crippen LogP contribution in [-0.4, -0.2) is 17.7 Å². The van der Waals surface area contributed by atoms with Gasteiger partial charge < -0.3 is 14.2 Å². The van der Waals surface area contributed by atoms with Gasteiger partial charge in [0.1, 0.15) is 17.9 Å². The van der Waals surface area contributed by atoms with E-state index in [0.29, 0.717) is 16.9 Å². The van der Waals surface area contributed by atoms with E-state index in [1.807, 2.05) is 0 Å². The number of ether oxygens (including phenoxy) is 3. The number of hydrogen-bond donors (Lipinski definition) is 0. The molecule has 1 saturated heterocycles. The topological polar surface area (TPSA) is 61.8 Å². The molecular weight excluding hydrogens is 389 g/mol. The van der Waals surface area contributed by atoms with Crippen LogP contribution in [0, 0.1) is 0 Å². The summed E-state index contributed by atoms with van der Waals surface area (Å²) in [6.07, 6.45) is -3.09. The van der Waals surface area contributed by atoms with Crippen LogP contribution in [0.15, 0.2) is 54.1 Å². The molecular formula is C21H17F3O5. The first kappa shape index (κ1) is 20.4. The van der Waals surface area contributed by atoms with Crippen molar-refractivity contribution in [1.29, 1.82) is 0 Å². The minimum Gasteiger partial charge on any atom is -0.489 e. The van der Waals surface area contributed by atoms with E-state index in [1.54, 1.807) is 24.3 Å². The van der Waals surface area contributed by atoms with E-state index in [1.165, 1.54) is 32.1 Å². The zero-order chi connectivity index (χ0) is 21.2. The maximum Gasteiger partial charge on any atom is 0.416 e. The molecule has 1 fully saturated rings. The second kappa shape index (κ2) is 7.62. The van der Waals surface area contributed by atoms with Gasteiger partial charge in [-0.3, -0.25) is 0 Å². The Morgan fingerprint density at radius 3 is 2.21 bits per heavy atom. The molecule has 152 valence electrons. The van der Waals surface area contributed by atoms with Crippen LogP contribution in [0.5, 0.6) is 5.75 Å². The van der Waals surface area contributed by atoms with Gasteiger partial charge in [0.15, 0.2) is 0 Å². The maximum absolute atomic E-state index is 12.8. The highest BCUT2D eigenvalue weighted by Gasteiger charge is 2.38. The monoisotopic (exact) mass is 406 g/mol. The predicted octanol–water partition coefficient (Wildman–Crippen LogP) is 4.50. The Bertz CT molecular complexity index is 937. The molecule has 1 heterocycles. The molecule has 0 radical (unpaired) electrons. The fourth-order valence-corrected chi connectivity index (χ4v) is 2.61. The summed E-state index contributed by atoms with van der Waals surface area (Å²) in [6.45, 7) is 2.87. The Labute approximate surface area is 164 Å². The van der Waals surface area contributed by atoms with Crippen molar-refractivity contribution in [2.75, 3.05) is 0 Å². The lowest BCUT2D eigenvalue weighted by atomic mass is 10.1. The normalized spacial score (nSPS) is 16.1. The van der Waals surface area contributed by atoms with Crippen molar-refractivity contribution in [3.05, 3.63) is 70.8 Å². The largest absolute Gasteiger partial charge is 0.489 e. The third kappa shape index (κ3) is 5.16. The number of carbonyl (C=O) groups is 2. The minimum atomic E-state index is -4.41. The third-order valence-corrected chi connectivity index (χ3v) is 3.97. The molecule has 0 N–H and O–H groups in total. The van der Waals surface area contributed by atoms with Gasteiger partial charge in [-0.2, -0.15) is 13.2 Å². The van der Waals surface area contributed by atoms with Gasteiger partial charge in [0.05, 0.1) is 5.56 Å². The molecule has 0 aliphatic carbocycles. The molecule has 1 aliphatic heterocycles. The molecule has 1 aliphatic rings. The summed E-state index contributed by atoms with van der Waals surface area (Å²) >= 11 is 0. The molecule has 8 heteroatoms. The molecule has 29 heavy (non-hydrogen) atoms. The van der Waals surface area contributed by atoms with Gasteiger partial charge >= 0.3 is 18.1 Å². The fraction of sp³-hybridized carbons (Fsp3) is 0.238. The van der Waals surface area contributed by atoms with E-state index in [0.717, 1.165) is 12.1 Å². The third-order valence-electron chi connectivity index (χ3n) is 3.97. The van der Waals surface area contributed by atoms with E-state index in [-0.39, 0.29) is 12.2 Å². The number of halogens is 3. The van der Waals surface area contributed by atoms with E-state index >= 15 is 0 Å². The zero-order valence-electron chi connectivity index (χ0n) is 15.6. The number of alkyl halides is 3. The molecule has 0 aromatic heterocycles. The van der Waals surface area contributed by atoms with Crippen molar-refractivity contribution < 1.29 is 37.0 Å². The number of esters is 2. The Morgan fingerprint density at radius 1 is 1.00 bits per heavy atom. The smallest absolute Gasteiger partial charge is 0.416 e. The molecule has 0 saturated carbocycles. The van der Waals surface area contributed by atoms with Gasteiger partial charge in [-0.05, 0) is 41.5 Å². The molecule has 0 spiro atoms. The average Bonchev–Trinajstić information content (AvgIpc) is 2.63. The number of cyclic esters (lactones) is 2. The minimum absolute atomic E-state index is 0.0436. The number of benzene rings is 2. The van der Waals surface area contributed by atoms with E-state index in [9.17, 15) is 22.8 Å². The first-order chi connectivity index (χ1) is 13.5. The second-order valence-corrected chi connectivity index (χ2v) is 6.79. The van der Waals surface area contributed by atoms with Crippen molar-refractivity contribution >= 4 is 18.0 Å². The first-order valence-electron chi connectivity index (χ1n) is 8.61. The summed E-state index contributed by atoms with van der Waals surface area (Å²) in [7, 11) is 0. The van der Waals surface area contributed by atoms with Crippen molar-refractivity contribution in [2.24, 2.45) is 0 Å². The summed E-state index contributed by atoms with van der Waals surface area (Å²) in [6, 6.07) is 11.2. The highest BCUT2D eigenvalue weighted by Crippen LogP contribution is 2.30. The van der Waals surface area contributed by atoms with Crippen LogP contribution in [0.4, 0.5) is 13.2 Å². The second-order valence-electron chi connectivity index (χ2n) is 6.79. The van der Waals surface area contributed by atoms with E-state index < -0.39 is 29.5 Å². The predicted molar refractivity (Wildman–Crippen MR) is 96.5 cm³/mol. The Balaban J connectivity index is 1.67. The quantitative estimate of drug-likeness (QED) is 0.425. The zero-order valence-corrected chi connectivity index (χ0v) is 15.6. The van der Waals surface area contributed by atoms with Crippen LogP contribution in [0.2, 0.25) is 0 Å². The van der Waals surface area contributed by atoms with E-state index in [4.69, 9.17) is 14.2 Å². The number of rotatable bonds is 4. The molecule has 5 nitrogen and oxygen atoms in total. The Morgan fingerprint density at radius 2 is 1.62 bits per heavy atom. The molecule has 0 atom stereocenters. The molecule has 0 unspecified atom stereocenters. The van der Waals surface area contributed by atoms with Crippen LogP contribution in [0.25, 0.3) is 6.08 Å². The average molecular weight is 406 g/mol. The number of carbonyl (C=O) groups excluding carboxylic acids is 2. The van der Waals surface area contributed by atoms with Crippen LogP contribution in [0.3, 0.4) is 0 Å². The van der Waals surface area contributed by atoms with Crippen LogP contribution in [-0.2, 0) is 31.8 Å². The van der Waals surface area contributed by atoms with Gasteiger partial charge in [-0.25, -0.2) is 9.59 Å². The lowest BCUT2D eigenvalue weighted by Crippen LogP contribution is -2.41. The SMILES string of the molecule is CC1(C)OC(=O)C(=Cc2ccc(OCc3cccc(C(F)(F)F)c3)cc2)C(=O)O1. The summed E-state index contributed by atoms with van der Waals surface area (Å²) in [4.78, 5) is 23.9. The fourth-order valence-electron chi connectivity index (χ4n) is 2.61. The summed E-state index contributed by atoms with van der Waals surface area (Å²) < 4.78 is 53.8. The standard InChI is InChI=1S/C21H17F3O5/c1-20(2)28-18(25)17(19(26)29-20)11-13-6-8-16(9-7-13)27-12-14-4-3-5-15(10-14)21(22,23)24/h3-11H,12H2,1-2H3. The van der Waals surface area contributed by atoms with Gasteiger partial charge in [0.25, 0.3) is 5.79 Å². The van der Waals surface area contributed by atoms with Crippen molar-refractivity contribution in [1.82, 2.24) is 0 Å². The van der Waals surface area contributed by atoms with Gasteiger partial charge in [0.2, 0.25) is 0 Å². The lowest BCUT2D eigenvalue weighted by Gasteiger charge is -2.29. The Hall–Kier alpha value is -3.29. The summed E-state index contributed by atoms with van der Waals surface area (Å²) in [5.74, 6) is -2.46. The van der Waals surface area contributed by atoms with Crippen molar-refractivity contribution in [3.63, 3.8) is 0 Å². The summed E-state index contributed by atoms with van der Waals surface area (Å²) in [5.41, 5.74) is -0.0710. The lowest BCUT2D eigenvalue weighted by molar-refractivity contribution is -0.222. The van der Waals surface area contributed by atoms with Gasteiger partial charge in [-0.15, -0.1) is 0 Å². The highest BCUT2D eigenvalue weighted by atomic mass is 19.4. The Kier molecular flexibility index (Phi) is 5.37. The van der Waals surface area contributed by atoms with Crippen molar-refractivity contribution in [3.8, 4) is 5.75 Å². The van der Waals surface area contributed by atoms with Gasteiger partial charge in [0, 0.05) is 13.8 Å². The van der Waals surface area contributed by atoms with Crippen LogP contribution in [0.1, 0.15) is 30.5 Å². The highest BCUT2D eigenvalue weighted by molar-refractivity contribution is 6.18. The molecule has 2 aromatic rings. The summed E-state index contributed by atoms with van der Waals surface area (Å²) in [5, 5.41) is 0. The molecule has 3 rings (SSSR count).